The molecule has 0 aromatic heterocycles. The van der Waals surface area contributed by atoms with Crippen LogP contribution in [0.15, 0.2) is 0 Å². The molecule has 0 radical (unpaired) electrons. The summed E-state index contributed by atoms with van der Waals surface area (Å²) >= 11 is 0. The molecule has 104 valence electrons. The maximum atomic E-state index is 11.6. The van der Waals surface area contributed by atoms with Crippen molar-refractivity contribution in [3.63, 3.8) is 0 Å². The van der Waals surface area contributed by atoms with Gasteiger partial charge in [-0.2, -0.15) is 0 Å². The molecule has 3 N–H and O–H groups in total. The summed E-state index contributed by atoms with van der Waals surface area (Å²) in [4.78, 5) is 22.6. The van der Waals surface area contributed by atoms with Crippen LogP contribution >= 0.6 is 0 Å². The third-order valence-electron chi connectivity index (χ3n) is 3.06. The topological polar surface area (TPSA) is 87.7 Å². The van der Waals surface area contributed by atoms with Crippen molar-refractivity contribution in [3.05, 3.63) is 0 Å². The number of aliphatic carboxylic acids is 1. The van der Waals surface area contributed by atoms with E-state index in [1.54, 1.807) is 0 Å². The fourth-order valence-electron chi connectivity index (χ4n) is 1.86. The zero-order chi connectivity index (χ0) is 13.5. The van der Waals surface area contributed by atoms with E-state index < -0.39 is 11.9 Å². The predicted molar refractivity (Wildman–Crippen MR) is 66.2 cm³/mol. The van der Waals surface area contributed by atoms with Gasteiger partial charge in [-0.05, 0) is 5.92 Å². The van der Waals surface area contributed by atoms with Crippen LogP contribution in [0, 0.1) is 11.8 Å². The summed E-state index contributed by atoms with van der Waals surface area (Å²) in [6.07, 6.45) is 0.165. The summed E-state index contributed by atoms with van der Waals surface area (Å²) in [5.41, 5.74) is 0. The molecule has 1 amide bonds. The number of carbonyl (C=O) groups excluding carboxylic acids is 1. The Bertz CT molecular complexity index is 288. The van der Waals surface area contributed by atoms with Crippen LogP contribution in [0.4, 0.5) is 0 Å². The highest BCUT2D eigenvalue weighted by molar-refractivity contribution is 5.77. The van der Waals surface area contributed by atoms with Gasteiger partial charge in [-0.1, -0.05) is 13.8 Å². The highest BCUT2D eigenvalue weighted by Gasteiger charge is 2.23. The van der Waals surface area contributed by atoms with Gasteiger partial charge in [0, 0.05) is 19.6 Å². The Labute approximate surface area is 107 Å². The second-order valence-electron chi connectivity index (χ2n) is 4.89. The minimum Gasteiger partial charge on any atom is -0.481 e. The van der Waals surface area contributed by atoms with Gasteiger partial charge in [0.2, 0.25) is 5.91 Å². The summed E-state index contributed by atoms with van der Waals surface area (Å²) in [6.45, 7) is 5.93. The van der Waals surface area contributed by atoms with Crippen molar-refractivity contribution >= 4 is 11.9 Å². The molecule has 0 aromatic carbocycles. The van der Waals surface area contributed by atoms with Crippen LogP contribution in [0.25, 0.3) is 0 Å². The molecule has 0 aromatic rings. The van der Waals surface area contributed by atoms with Gasteiger partial charge < -0.3 is 20.5 Å². The lowest BCUT2D eigenvalue weighted by Gasteiger charge is -2.23. The van der Waals surface area contributed by atoms with Gasteiger partial charge in [0.05, 0.1) is 25.0 Å². The molecule has 1 aliphatic heterocycles. The number of ether oxygens (including phenoxy) is 1. The Morgan fingerprint density at radius 1 is 1.50 bits per heavy atom. The van der Waals surface area contributed by atoms with Gasteiger partial charge in [-0.25, -0.2) is 0 Å². The van der Waals surface area contributed by atoms with E-state index in [1.165, 1.54) is 0 Å². The molecule has 1 saturated heterocycles. The van der Waals surface area contributed by atoms with Crippen LogP contribution in [0.3, 0.4) is 0 Å². The van der Waals surface area contributed by atoms with Crippen molar-refractivity contribution in [2.24, 2.45) is 11.8 Å². The fraction of sp³-hybridized carbons (Fsp3) is 0.833. The van der Waals surface area contributed by atoms with Crippen LogP contribution in [-0.2, 0) is 14.3 Å². The largest absolute Gasteiger partial charge is 0.481 e. The molecule has 6 nitrogen and oxygen atoms in total. The first kappa shape index (κ1) is 14.9. The number of carboxylic acid groups (broad SMARTS) is 1. The minimum absolute atomic E-state index is 0.00426. The highest BCUT2D eigenvalue weighted by Crippen LogP contribution is 2.10. The molecular formula is C12H22N2O4. The van der Waals surface area contributed by atoms with E-state index in [0.717, 1.165) is 6.54 Å². The van der Waals surface area contributed by atoms with Crippen molar-refractivity contribution in [3.8, 4) is 0 Å². The minimum atomic E-state index is -0.874. The lowest BCUT2D eigenvalue weighted by atomic mass is 9.96. The number of amides is 1. The van der Waals surface area contributed by atoms with Crippen molar-refractivity contribution in [1.82, 2.24) is 10.6 Å². The number of rotatable bonds is 6. The molecule has 0 aliphatic carbocycles. The average molecular weight is 258 g/mol. The molecular weight excluding hydrogens is 236 g/mol. The number of morpholine rings is 1. The van der Waals surface area contributed by atoms with Gasteiger partial charge in [0.1, 0.15) is 0 Å². The molecule has 1 aliphatic rings. The monoisotopic (exact) mass is 258 g/mol. The van der Waals surface area contributed by atoms with Crippen LogP contribution in [0.1, 0.15) is 20.3 Å². The van der Waals surface area contributed by atoms with Crippen LogP contribution in [0.5, 0.6) is 0 Å². The number of carbonyl (C=O) groups is 2. The van der Waals surface area contributed by atoms with E-state index in [2.05, 4.69) is 10.6 Å². The zero-order valence-corrected chi connectivity index (χ0v) is 10.9. The van der Waals surface area contributed by atoms with Crippen molar-refractivity contribution in [1.29, 1.82) is 0 Å². The van der Waals surface area contributed by atoms with Crippen LogP contribution in [0.2, 0.25) is 0 Å². The smallest absolute Gasteiger partial charge is 0.308 e. The fourth-order valence-corrected chi connectivity index (χ4v) is 1.86. The first-order valence-corrected chi connectivity index (χ1v) is 6.32. The first-order chi connectivity index (χ1) is 8.50. The van der Waals surface area contributed by atoms with E-state index in [9.17, 15) is 9.59 Å². The van der Waals surface area contributed by atoms with Crippen molar-refractivity contribution < 1.29 is 19.4 Å². The van der Waals surface area contributed by atoms with E-state index in [0.29, 0.717) is 13.2 Å². The van der Waals surface area contributed by atoms with Crippen molar-refractivity contribution in [2.75, 3.05) is 26.2 Å². The third kappa shape index (κ3) is 5.01. The lowest BCUT2D eigenvalue weighted by Crippen LogP contribution is -2.42. The summed E-state index contributed by atoms with van der Waals surface area (Å²) in [6, 6.07) is 0. The number of hydrogen-bond acceptors (Lipinski definition) is 4. The van der Waals surface area contributed by atoms with Gasteiger partial charge in [0.15, 0.2) is 0 Å². The molecule has 1 rings (SSSR count). The number of nitrogens with one attached hydrogen (secondary N) is 2. The maximum absolute atomic E-state index is 11.6. The SMILES string of the molecule is CC(C)C(CNC(=O)CC1CNCCO1)C(=O)O. The molecule has 18 heavy (non-hydrogen) atoms. The average Bonchev–Trinajstić information content (AvgIpc) is 2.29. The summed E-state index contributed by atoms with van der Waals surface area (Å²) in [5, 5.41) is 14.8. The van der Waals surface area contributed by atoms with Gasteiger partial charge >= 0.3 is 5.97 Å². The maximum Gasteiger partial charge on any atom is 0.308 e. The Balaban J connectivity index is 2.28. The normalized spacial score (nSPS) is 21.6. The van der Waals surface area contributed by atoms with Crippen molar-refractivity contribution in [2.45, 2.75) is 26.4 Å². The van der Waals surface area contributed by atoms with E-state index >= 15 is 0 Å². The molecule has 0 bridgehead atoms. The molecule has 6 heteroatoms. The van der Waals surface area contributed by atoms with E-state index in [1.807, 2.05) is 13.8 Å². The quantitative estimate of drug-likeness (QED) is 0.616. The highest BCUT2D eigenvalue weighted by atomic mass is 16.5. The Morgan fingerprint density at radius 2 is 2.22 bits per heavy atom. The molecule has 1 fully saturated rings. The molecule has 0 saturated carbocycles. The Morgan fingerprint density at radius 3 is 2.72 bits per heavy atom. The molecule has 0 spiro atoms. The Kier molecular flexibility index (Phi) is 6.07. The molecule has 2 unspecified atom stereocenters. The molecule has 2 atom stereocenters. The number of hydrogen-bond donors (Lipinski definition) is 3. The van der Waals surface area contributed by atoms with E-state index in [4.69, 9.17) is 9.84 Å². The second kappa shape index (κ2) is 7.33. The van der Waals surface area contributed by atoms with Crippen LogP contribution in [-0.4, -0.2) is 49.3 Å². The van der Waals surface area contributed by atoms with Gasteiger partial charge in [0.25, 0.3) is 0 Å². The van der Waals surface area contributed by atoms with Gasteiger partial charge in [-0.15, -0.1) is 0 Å². The second-order valence-corrected chi connectivity index (χ2v) is 4.89. The standard InChI is InChI=1S/C12H22N2O4/c1-8(2)10(12(16)17)7-14-11(15)5-9-6-13-3-4-18-9/h8-10,13H,3-7H2,1-2H3,(H,14,15)(H,16,17). The first-order valence-electron chi connectivity index (χ1n) is 6.32. The zero-order valence-electron chi connectivity index (χ0n) is 10.9. The lowest BCUT2D eigenvalue weighted by molar-refractivity contribution is -0.143. The predicted octanol–water partition coefficient (Wildman–Crippen LogP) is -0.162. The number of carboxylic acids is 1. The third-order valence-corrected chi connectivity index (χ3v) is 3.06. The summed E-state index contributed by atoms with van der Waals surface area (Å²) < 4.78 is 5.41. The molecule has 1 heterocycles. The summed E-state index contributed by atoms with van der Waals surface area (Å²) in [7, 11) is 0. The van der Waals surface area contributed by atoms with E-state index in [-0.39, 0.29) is 30.9 Å². The summed E-state index contributed by atoms with van der Waals surface area (Å²) in [5.74, 6) is -1.58. The van der Waals surface area contributed by atoms with Crippen LogP contribution < -0.4 is 10.6 Å². The van der Waals surface area contributed by atoms with Gasteiger partial charge in [-0.3, -0.25) is 9.59 Å². The Hall–Kier alpha value is -1.14.